The first kappa shape index (κ1) is 17.1. The number of halogens is 1. The van der Waals surface area contributed by atoms with Gasteiger partial charge in [-0.2, -0.15) is 0 Å². The summed E-state index contributed by atoms with van der Waals surface area (Å²) in [5, 5.41) is 2.99. The van der Waals surface area contributed by atoms with Gasteiger partial charge in [-0.3, -0.25) is 0 Å². The molecule has 1 heterocycles. The van der Waals surface area contributed by atoms with E-state index in [4.69, 9.17) is 0 Å². The Balaban J connectivity index is 1.60. The van der Waals surface area contributed by atoms with Crippen LogP contribution in [0.25, 0.3) is 0 Å². The summed E-state index contributed by atoms with van der Waals surface area (Å²) in [4.78, 5) is 16.7. The van der Waals surface area contributed by atoms with Gasteiger partial charge >= 0.3 is 6.03 Å². The summed E-state index contributed by atoms with van der Waals surface area (Å²) < 4.78 is 1.12. The summed E-state index contributed by atoms with van der Waals surface area (Å²) in [6.07, 6.45) is 0. The van der Waals surface area contributed by atoms with E-state index >= 15 is 0 Å². The molecular weight excluding hydrogens is 413 g/mol. The molecule has 2 aromatic carbocycles. The smallest absolute Gasteiger partial charge is 0.321 e. The minimum atomic E-state index is -0.0161. The Morgan fingerprint density at radius 2 is 1.79 bits per heavy atom. The number of aryl methyl sites for hydroxylation is 2. The normalized spacial score (nSPS) is 14.6. The number of rotatable bonds is 2. The number of amides is 2. The van der Waals surface area contributed by atoms with Gasteiger partial charge in [0.15, 0.2) is 0 Å². The van der Waals surface area contributed by atoms with Gasteiger partial charge < -0.3 is 15.1 Å². The minimum absolute atomic E-state index is 0.0161. The molecule has 4 nitrogen and oxygen atoms in total. The zero-order valence-corrected chi connectivity index (χ0v) is 16.2. The van der Waals surface area contributed by atoms with Crippen molar-refractivity contribution in [3.63, 3.8) is 0 Å². The van der Waals surface area contributed by atoms with Gasteiger partial charge in [0.25, 0.3) is 0 Å². The molecule has 0 bridgehead atoms. The second-order valence-corrected chi connectivity index (χ2v) is 7.45. The number of carbonyl (C=O) groups is 1. The van der Waals surface area contributed by atoms with E-state index in [2.05, 4.69) is 64.9 Å². The van der Waals surface area contributed by atoms with Crippen LogP contribution in [0.3, 0.4) is 0 Å². The molecule has 1 N–H and O–H groups in total. The molecule has 0 unspecified atom stereocenters. The Labute approximate surface area is 157 Å². The number of nitrogens with zero attached hydrogens (tertiary/aromatic N) is 2. The van der Waals surface area contributed by atoms with Gasteiger partial charge in [0, 0.05) is 41.1 Å². The summed E-state index contributed by atoms with van der Waals surface area (Å²) in [7, 11) is 0. The van der Waals surface area contributed by atoms with Gasteiger partial charge in [-0.25, -0.2) is 4.79 Å². The van der Waals surface area contributed by atoms with E-state index in [9.17, 15) is 4.79 Å². The molecule has 0 radical (unpaired) electrons. The summed E-state index contributed by atoms with van der Waals surface area (Å²) in [5.74, 6) is 0. The molecule has 2 aromatic rings. The third-order valence-corrected chi connectivity index (χ3v) is 5.02. The van der Waals surface area contributed by atoms with Crippen molar-refractivity contribution in [1.82, 2.24) is 4.90 Å². The first-order valence-corrected chi connectivity index (χ1v) is 9.24. The van der Waals surface area contributed by atoms with Crippen LogP contribution < -0.4 is 10.2 Å². The molecule has 1 aliphatic rings. The number of urea groups is 1. The maximum atomic E-state index is 12.4. The largest absolute Gasteiger partial charge is 0.368 e. The summed E-state index contributed by atoms with van der Waals surface area (Å²) >= 11 is 2.25. The van der Waals surface area contributed by atoms with Gasteiger partial charge in [0.1, 0.15) is 0 Å². The SMILES string of the molecule is Cc1ccc(C)c(N2CCN(C(=O)Nc3cccc(I)c3)CC2)c1. The van der Waals surface area contributed by atoms with Crippen LogP contribution in [0, 0.1) is 17.4 Å². The van der Waals surface area contributed by atoms with Gasteiger partial charge in [-0.05, 0) is 71.8 Å². The number of hydrogen-bond acceptors (Lipinski definition) is 2. The average Bonchev–Trinajstić information content (AvgIpc) is 2.57. The van der Waals surface area contributed by atoms with Crippen LogP contribution in [-0.4, -0.2) is 37.1 Å². The molecule has 0 spiro atoms. The lowest BCUT2D eigenvalue weighted by Crippen LogP contribution is -2.50. The predicted molar refractivity (Wildman–Crippen MR) is 108 cm³/mol. The molecule has 0 aromatic heterocycles. The van der Waals surface area contributed by atoms with Crippen molar-refractivity contribution < 1.29 is 4.79 Å². The molecule has 5 heteroatoms. The van der Waals surface area contributed by atoms with Crippen LogP contribution in [0.4, 0.5) is 16.2 Å². The molecule has 2 amide bonds. The molecule has 1 aliphatic heterocycles. The number of hydrogen-bond donors (Lipinski definition) is 1. The molecule has 0 saturated carbocycles. The molecule has 0 atom stereocenters. The summed E-state index contributed by atoms with van der Waals surface area (Å²) in [6.45, 7) is 7.47. The second-order valence-electron chi connectivity index (χ2n) is 6.20. The van der Waals surface area contributed by atoms with Crippen molar-refractivity contribution >= 4 is 40.0 Å². The first-order valence-electron chi connectivity index (χ1n) is 8.16. The maximum absolute atomic E-state index is 12.4. The average molecular weight is 435 g/mol. The molecule has 0 aliphatic carbocycles. The third-order valence-electron chi connectivity index (χ3n) is 4.35. The Hall–Kier alpha value is -1.76. The number of carbonyl (C=O) groups excluding carboxylic acids is 1. The molecular formula is C19H22IN3O. The number of benzene rings is 2. The fourth-order valence-electron chi connectivity index (χ4n) is 2.98. The predicted octanol–water partition coefficient (Wildman–Crippen LogP) is 4.26. The highest BCUT2D eigenvalue weighted by atomic mass is 127. The second kappa shape index (κ2) is 7.42. The molecule has 3 rings (SSSR count). The van der Waals surface area contributed by atoms with E-state index in [1.165, 1.54) is 16.8 Å². The highest BCUT2D eigenvalue weighted by Crippen LogP contribution is 2.23. The van der Waals surface area contributed by atoms with Crippen LogP contribution in [0.5, 0.6) is 0 Å². The highest BCUT2D eigenvalue weighted by Gasteiger charge is 2.22. The van der Waals surface area contributed by atoms with Crippen molar-refractivity contribution in [2.24, 2.45) is 0 Å². The van der Waals surface area contributed by atoms with Gasteiger partial charge in [0.05, 0.1) is 0 Å². The lowest BCUT2D eigenvalue weighted by Gasteiger charge is -2.36. The van der Waals surface area contributed by atoms with Crippen LogP contribution in [0.2, 0.25) is 0 Å². The zero-order valence-electron chi connectivity index (χ0n) is 14.1. The Morgan fingerprint density at radius 3 is 2.50 bits per heavy atom. The van der Waals surface area contributed by atoms with Crippen molar-refractivity contribution in [1.29, 1.82) is 0 Å². The number of anilines is 2. The summed E-state index contributed by atoms with van der Waals surface area (Å²) in [5.41, 5.74) is 4.70. The van der Waals surface area contributed by atoms with Crippen molar-refractivity contribution in [2.75, 3.05) is 36.4 Å². The first-order chi connectivity index (χ1) is 11.5. The maximum Gasteiger partial charge on any atom is 0.321 e. The van der Waals surface area contributed by atoms with Crippen molar-refractivity contribution in [3.8, 4) is 0 Å². The van der Waals surface area contributed by atoms with Crippen molar-refractivity contribution in [2.45, 2.75) is 13.8 Å². The Morgan fingerprint density at radius 1 is 1.04 bits per heavy atom. The molecule has 1 fully saturated rings. The highest BCUT2D eigenvalue weighted by molar-refractivity contribution is 14.1. The topological polar surface area (TPSA) is 35.6 Å². The van der Waals surface area contributed by atoms with Gasteiger partial charge in [-0.15, -0.1) is 0 Å². The van der Waals surface area contributed by atoms with Crippen molar-refractivity contribution in [3.05, 3.63) is 57.2 Å². The lowest BCUT2D eigenvalue weighted by atomic mass is 10.1. The fourth-order valence-corrected chi connectivity index (χ4v) is 3.52. The molecule has 126 valence electrons. The van der Waals surface area contributed by atoms with E-state index in [0.717, 1.165) is 35.4 Å². The summed E-state index contributed by atoms with van der Waals surface area (Å²) in [6, 6.07) is 14.4. The van der Waals surface area contributed by atoms with E-state index in [1.807, 2.05) is 29.2 Å². The van der Waals surface area contributed by atoms with E-state index in [0.29, 0.717) is 0 Å². The van der Waals surface area contributed by atoms with Crippen LogP contribution >= 0.6 is 22.6 Å². The van der Waals surface area contributed by atoms with E-state index in [1.54, 1.807) is 0 Å². The zero-order chi connectivity index (χ0) is 17.1. The van der Waals surface area contributed by atoms with Crippen LogP contribution in [0.15, 0.2) is 42.5 Å². The quantitative estimate of drug-likeness (QED) is 0.716. The minimum Gasteiger partial charge on any atom is -0.368 e. The van der Waals surface area contributed by atoms with E-state index in [-0.39, 0.29) is 6.03 Å². The van der Waals surface area contributed by atoms with Crippen LogP contribution in [0.1, 0.15) is 11.1 Å². The standard InChI is InChI=1S/C19H22IN3O/c1-14-6-7-15(2)18(12-14)22-8-10-23(11-9-22)19(24)21-17-5-3-4-16(20)13-17/h3-7,12-13H,8-11H2,1-2H3,(H,21,24). The number of nitrogens with one attached hydrogen (secondary N) is 1. The number of piperazine rings is 1. The van der Waals surface area contributed by atoms with Crippen LogP contribution in [-0.2, 0) is 0 Å². The molecule has 1 saturated heterocycles. The monoisotopic (exact) mass is 435 g/mol. The molecule has 24 heavy (non-hydrogen) atoms. The van der Waals surface area contributed by atoms with Gasteiger partial charge in [-0.1, -0.05) is 18.2 Å². The Bertz CT molecular complexity index is 739. The van der Waals surface area contributed by atoms with Gasteiger partial charge in [0.2, 0.25) is 0 Å². The third kappa shape index (κ3) is 4.01. The van der Waals surface area contributed by atoms with E-state index < -0.39 is 0 Å². The fraction of sp³-hybridized carbons (Fsp3) is 0.316. The lowest BCUT2D eigenvalue weighted by molar-refractivity contribution is 0.208. The Kier molecular flexibility index (Phi) is 5.28.